The molecule has 0 radical (unpaired) electrons. The number of ether oxygens (including phenoxy) is 2. The van der Waals surface area contributed by atoms with Gasteiger partial charge in [-0.2, -0.15) is 0 Å². The van der Waals surface area contributed by atoms with Crippen molar-refractivity contribution in [1.82, 2.24) is 15.8 Å². The number of carbonyl (C=O) groups is 2. The van der Waals surface area contributed by atoms with Gasteiger partial charge in [-0.15, -0.1) is 0 Å². The van der Waals surface area contributed by atoms with E-state index in [2.05, 4.69) is 15.8 Å². The van der Waals surface area contributed by atoms with Crippen molar-refractivity contribution < 1.29 is 33.1 Å². The molecule has 1 aromatic heterocycles. The largest absolute Gasteiger partial charge is 0.496 e. The van der Waals surface area contributed by atoms with Crippen LogP contribution in [0, 0.1) is 5.82 Å². The van der Waals surface area contributed by atoms with Crippen molar-refractivity contribution in [2.24, 2.45) is 0 Å². The molecule has 0 aliphatic rings. The molecular weight excluding hydrogens is 469 g/mol. The summed E-state index contributed by atoms with van der Waals surface area (Å²) in [5, 5.41) is 19.0. The van der Waals surface area contributed by atoms with E-state index in [1.165, 1.54) is 25.3 Å². The zero-order valence-corrected chi connectivity index (χ0v) is 19.0. The third-order valence-corrected chi connectivity index (χ3v) is 4.98. The van der Waals surface area contributed by atoms with Gasteiger partial charge in [-0.25, -0.2) is 4.39 Å². The van der Waals surface area contributed by atoms with Crippen LogP contribution in [-0.4, -0.2) is 55.0 Å². The van der Waals surface area contributed by atoms with Gasteiger partial charge in [0.2, 0.25) is 5.76 Å². The molecule has 2 aromatic carbocycles. The molecule has 1 heterocycles. The maximum absolute atomic E-state index is 13.4. The zero-order chi connectivity index (χ0) is 24.5. The SMILES string of the molecule is COc1ccccc1-c1cc(C(=O)NCCC(O)CNC(=O)COc2ccc(Cl)c(F)c2)on1. The van der Waals surface area contributed by atoms with Crippen LogP contribution in [0.1, 0.15) is 17.0 Å². The lowest BCUT2D eigenvalue weighted by molar-refractivity contribution is -0.123. The molecule has 1 unspecified atom stereocenters. The summed E-state index contributed by atoms with van der Waals surface area (Å²) < 4.78 is 28.9. The van der Waals surface area contributed by atoms with E-state index >= 15 is 0 Å². The number of benzene rings is 2. The summed E-state index contributed by atoms with van der Waals surface area (Å²) in [6, 6.07) is 12.5. The number of aromatic nitrogens is 1. The molecule has 3 N–H and O–H groups in total. The van der Waals surface area contributed by atoms with Gasteiger partial charge >= 0.3 is 0 Å². The van der Waals surface area contributed by atoms with Crippen LogP contribution in [-0.2, 0) is 4.79 Å². The number of hydrogen-bond donors (Lipinski definition) is 3. The van der Waals surface area contributed by atoms with Gasteiger partial charge in [0.25, 0.3) is 11.8 Å². The Kier molecular flexibility index (Phi) is 8.83. The summed E-state index contributed by atoms with van der Waals surface area (Å²) in [7, 11) is 1.54. The minimum absolute atomic E-state index is 0.0134. The van der Waals surface area contributed by atoms with Crippen molar-refractivity contribution in [3.63, 3.8) is 0 Å². The Morgan fingerprint density at radius 1 is 1.21 bits per heavy atom. The monoisotopic (exact) mass is 491 g/mol. The van der Waals surface area contributed by atoms with E-state index in [1.54, 1.807) is 12.1 Å². The van der Waals surface area contributed by atoms with Crippen LogP contribution in [0.25, 0.3) is 11.3 Å². The lowest BCUT2D eigenvalue weighted by Gasteiger charge is -2.12. The van der Waals surface area contributed by atoms with Crippen LogP contribution < -0.4 is 20.1 Å². The number of carbonyl (C=O) groups excluding carboxylic acids is 2. The Morgan fingerprint density at radius 2 is 2.00 bits per heavy atom. The summed E-state index contributed by atoms with van der Waals surface area (Å²) in [4.78, 5) is 24.1. The van der Waals surface area contributed by atoms with Crippen LogP contribution in [0.15, 0.2) is 53.1 Å². The molecular formula is C23H23ClFN3O6. The lowest BCUT2D eigenvalue weighted by atomic mass is 10.1. The van der Waals surface area contributed by atoms with Gasteiger partial charge in [0.05, 0.1) is 18.2 Å². The molecule has 0 aliphatic carbocycles. The Hall–Kier alpha value is -3.63. The first-order chi connectivity index (χ1) is 16.4. The summed E-state index contributed by atoms with van der Waals surface area (Å²) in [5.41, 5.74) is 1.14. The molecule has 34 heavy (non-hydrogen) atoms. The normalized spacial score (nSPS) is 11.5. The molecule has 0 aliphatic heterocycles. The minimum Gasteiger partial charge on any atom is -0.496 e. The van der Waals surface area contributed by atoms with Crippen LogP contribution in [0.4, 0.5) is 4.39 Å². The Bertz CT molecular complexity index is 1140. The number of para-hydroxylation sites is 1. The van der Waals surface area contributed by atoms with Crippen molar-refractivity contribution >= 4 is 23.4 Å². The minimum atomic E-state index is -0.906. The third kappa shape index (κ3) is 6.93. The van der Waals surface area contributed by atoms with Gasteiger partial charge in [-0.05, 0) is 30.7 Å². The fourth-order valence-electron chi connectivity index (χ4n) is 2.91. The van der Waals surface area contributed by atoms with Gasteiger partial charge in [0.15, 0.2) is 6.61 Å². The van der Waals surface area contributed by atoms with Crippen molar-refractivity contribution in [2.75, 3.05) is 26.8 Å². The number of amides is 2. The van der Waals surface area contributed by atoms with E-state index in [4.69, 9.17) is 25.6 Å². The zero-order valence-electron chi connectivity index (χ0n) is 18.2. The van der Waals surface area contributed by atoms with E-state index < -0.39 is 23.7 Å². The van der Waals surface area contributed by atoms with Gasteiger partial charge in [0, 0.05) is 30.8 Å². The molecule has 2 amide bonds. The topological polar surface area (TPSA) is 123 Å². The van der Waals surface area contributed by atoms with Crippen LogP contribution >= 0.6 is 11.6 Å². The predicted octanol–water partition coefficient (Wildman–Crippen LogP) is 2.82. The highest BCUT2D eigenvalue weighted by atomic mass is 35.5. The lowest BCUT2D eigenvalue weighted by Crippen LogP contribution is -2.37. The Morgan fingerprint density at radius 3 is 2.76 bits per heavy atom. The highest BCUT2D eigenvalue weighted by Gasteiger charge is 2.16. The summed E-state index contributed by atoms with van der Waals surface area (Å²) in [6.07, 6.45) is -0.723. The molecule has 0 fully saturated rings. The van der Waals surface area contributed by atoms with E-state index in [9.17, 15) is 19.1 Å². The molecule has 3 rings (SSSR count). The molecule has 1 atom stereocenters. The molecule has 9 nitrogen and oxygen atoms in total. The average Bonchev–Trinajstić information content (AvgIpc) is 3.33. The highest BCUT2D eigenvalue weighted by Crippen LogP contribution is 2.29. The van der Waals surface area contributed by atoms with Crippen molar-refractivity contribution in [1.29, 1.82) is 0 Å². The number of halogens is 2. The smallest absolute Gasteiger partial charge is 0.289 e. The first-order valence-electron chi connectivity index (χ1n) is 10.3. The van der Waals surface area contributed by atoms with E-state index in [-0.39, 0.29) is 42.6 Å². The number of methoxy groups -OCH3 is 1. The molecule has 0 saturated carbocycles. The number of nitrogens with zero attached hydrogens (tertiary/aromatic N) is 1. The maximum atomic E-state index is 13.4. The van der Waals surface area contributed by atoms with Crippen molar-refractivity contribution in [2.45, 2.75) is 12.5 Å². The second kappa shape index (κ2) is 12.0. The molecule has 3 aromatic rings. The van der Waals surface area contributed by atoms with Crippen molar-refractivity contribution in [3.05, 3.63) is 65.1 Å². The number of nitrogens with one attached hydrogen (secondary N) is 2. The molecule has 0 spiro atoms. The predicted molar refractivity (Wildman–Crippen MR) is 121 cm³/mol. The van der Waals surface area contributed by atoms with Crippen LogP contribution in [0.2, 0.25) is 5.02 Å². The highest BCUT2D eigenvalue weighted by molar-refractivity contribution is 6.30. The summed E-state index contributed by atoms with van der Waals surface area (Å²) >= 11 is 5.58. The molecule has 180 valence electrons. The molecule has 11 heteroatoms. The molecule has 0 saturated heterocycles. The Labute approximate surface area is 199 Å². The standard InChI is InChI=1S/C23H23ClFN3O6/c1-32-20-5-3-2-4-16(20)19-11-21(34-28-19)23(31)26-9-8-14(29)12-27-22(30)13-33-15-6-7-17(24)18(25)10-15/h2-7,10-11,14,29H,8-9,12-13H2,1H3,(H,26,31)(H,27,30). The maximum Gasteiger partial charge on any atom is 0.289 e. The Balaban J connectivity index is 1.37. The van der Waals surface area contributed by atoms with E-state index in [0.717, 1.165) is 6.07 Å². The number of hydrogen-bond acceptors (Lipinski definition) is 7. The van der Waals surface area contributed by atoms with Gasteiger partial charge < -0.3 is 29.7 Å². The van der Waals surface area contributed by atoms with Crippen molar-refractivity contribution in [3.8, 4) is 22.8 Å². The average molecular weight is 492 g/mol. The van der Waals surface area contributed by atoms with Gasteiger partial charge in [0.1, 0.15) is 23.0 Å². The first kappa shape index (κ1) is 25.0. The first-order valence-corrected chi connectivity index (χ1v) is 10.7. The fraction of sp³-hybridized carbons (Fsp3) is 0.261. The second-order valence-corrected chi connectivity index (χ2v) is 7.55. The third-order valence-electron chi connectivity index (χ3n) is 4.68. The second-order valence-electron chi connectivity index (χ2n) is 7.14. The molecule has 0 bridgehead atoms. The summed E-state index contributed by atoms with van der Waals surface area (Å²) in [6.45, 7) is -0.265. The van der Waals surface area contributed by atoms with Gasteiger partial charge in [-0.3, -0.25) is 9.59 Å². The van der Waals surface area contributed by atoms with E-state index in [0.29, 0.717) is 17.0 Å². The summed E-state index contributed by atoms with van der Waals surface area (Å²) in [5.74, 6) is -0.879. The van der Waals surface area contributed by atoms with Crippen LogP contribution in [0.5, 0.6) is 11.5 Å². The van der Waals surface area contributed by atoms with Gasteiger partial charge in [-0.1, -0.05) is 28.9 Å². The quantitative estimate of drug-likeness (QED) is 0.377. The number of aliphatic hydroxyl groups excluding tert-OH is 1. The number of rotatable bonds is 11. The number of aliphatic hydroxyl groups is 1. The van der Waals surface area contributed by atoms with E-state index in [1.807, 2.05) is 12.1 Å². The van der Waals surface area contributed by atoms with Crippen LogP contribution in [0.3, 0.4) is 0 Å². The fourth-order valence-corrected chi connectivity index (χ4v) is 3.02.